The molecule has 0 aliphatic heterocycles. The molecule has 0 saturated heterocycles. The summed E-state index contributed by atoms with van der Waals surface area (Å²) < 4.78 is 0. The Kier molecular flexibility index (Phi) is 5.95. The van der Waals surface area contributed by atoms with Crippen LogP contribution in [0.4, 0.5) is 0 Å². The summed E-state index contributed by atoms with van der Waals surface area (Å²) in [6.45, 7) is 4.11. The van der Waals surface area contributed by atoms with Crippen LogP contribution in [0.2, 0.25) is 0 Å². The van der Waals surface area contributed by atoms with E-state index >= 15 is 0 Å². The molecule has 1 atom stereocenters. The van der Waals surface area contributed by atoms with E-state index in [0.717, 1.165) is 11.1 Å². The average Bonchev–Trinajstić information content (AvgIpc) is 2.54. The zero-order chi connectivity index (χ0) is 17.5. The second-order valence-electron chi connectivity index (χ2n) is 5.78. The van der Waals surface area contributed by atoms with Gasteiger partial charge in [0, 0.05) is 5.92 Å². The van der Waals surface area contributed by atoms with E-state index in [-0.39, 0.29) is 18.1 Å². The van der Waals surface area contributed by atoms with E-state index in [1.165, 1.54) is 17.7 Å². The van der Waals surface area contributed by atoms with Crippen molar-refractivity contribution in [2.45, 2.75) is 26.9 Å². The van der Waals surface area contributed by atoms with E-state index in [9.17, 15) is 9.90 Å². The van der Waals surface area contributed by atoms with Crippen LogP contribution in [0.5, 0.6) is 5.75 Å². The van der Waals surface area contributed by atoms with E-state index in [1.54, 1.807) is 19.1 Å². The predicted octanol–water partition coefficient (Wildman–Crippen LogP) is 3.73. The third kappa shape index (κ3) is 5.12. The van der Waals surface area contributed by atoms with E-state index in [2.05, 4.69) is 5.16 Å². The highest BCUT2D eigenvalue weighted by Crippen LogP contribution is 2.17. The maximum Gasteiger partial charge on any atom is 0.304 e. The largest absolute Gasteiger partial charge is 0.508 e. The van der Waals surface area contributed by atoms with Crippen LogP contribution < -0.4 is 0 Å². The Bertz CT molecular complexity index is 705. The number of benzene rings is 2. The first kappa shape index (κ1) is 17.5. The molecule has 0 aromatic heterocycles. The fraction of sp³-hybridized carbons (Fsp3) is 0.263. The molecule has 5 nitrogen and oxygen atoms in total. The third-order valence-electron chi connectivity index (χ3n) is 3.63. The summed E-state index contributed by atoms with van der Waals surface area (Å²) in [5.74, 6) is -1.07. The molecule has 2 aromatic rings. The Hall–Kier alpha value is -2.82. The van der Waals surface area contributed by atoms with E-state index in [4.69, 9.17) is 9.94 Å². The van der Waals surface area contributed by atoms with Gasteiger partial charge in [0.2, 0.25) is 0 Å². The lowest BCUT2D eigenvalue weighted by Gasteiger charge is -2.13. The molecule has 2 rings (SSSR count). The van der Waals surface area contributed by atoms with Crippen molar-refractivity contribution in [3.05, 3.63) is 65.2 Å². The van der Waals surface area contributed by atoms with Crippen molar-refractivity contribution < 1.29 is 19.8 Å². The maximum absolute atomic E-state index is 11.0. The van der Waals surface area contributed by atoms with Crippen LogP contribution in [0.15, 0.2) is 53.7 Å². The van der Waals surface area contributed by atoms with Gasteiger partial charge in [0.05, 0.1) is 12.1 Å². The van der Waals surface area contributed by atoms with Crippen molar-refractivity contribution in [1.82, 2.24) is 0 Å². The number of carboxylic acid groups (broad SMARTS) is 1. The highest BCUT2D eigenvalue weighted by molar-refractivity contribution is 6.03. The van der Waals surface area contributed by atoms with Crippen molar-refractivity contribution in [2.24, 2.45) is 11.1 Å². The molecule has 1 unspecified atom stereocenters. The quantitative estimate of drug-likeness (QED) is 0.600. The molecule has 0 amide bonds. The number of nitrogens with zero attached hydrogens (tertiary/aromatic N) is 1. The number of phenolic OH excluding ortho intramolecular Hbond substituents is 1. The van der Waals surface area contributed by atoms with Gasteiger partial charge in [-0.2, -0.15) is 0 Å². The Morgan fingerprint density at radius 1 is 1.12 bits per heavy atom. The second-order valence-corrected chi connectivity index (χ2v) is 5.78. The molecule has 0 saturated carbocycles. The van der Waals surface area contributed by atoms with Crippen molar-refractivity contribution >= 4 is 11.7 Å². The van der Waals surface area contributed by atoms with Gasteiger partial charge in [0.15, 0.2) is 0 Å². The van der Waals surface area contributed by atoms with Gasteiger partial charge in [0.25, 0.3) is 0 Å². The molecule has 0 fully saturated rings. The Balaban J connectivity index is 2.15. The van der Waals surface area contributed by atoms with Gasteiger partial charge in [-0.05, 0) is 42.3 Å². The molecule has 0 bridgehead atoms. The number of phenols is 1. The van der Waals surface area contributed by atoms with Gasteiger partial charge < -0.3 is 15.1 Å². The molecular formula is C19H21NO4. The van der Waals surface area contributed by atoms with Crippen LogP contribution in [0.25, 0.3) is 0 Å². The average molecular weight is 327 g/mol. The number of aromatic hydroxyl groups is 1. The zero-order valence-electron chi connectivity index (χ0n) is 13.8. The standard InChI is InChI=1S/C19H21NO4/c1-13-3-5-15(6-4-13)12-24-20-19(14(2)11-18(22)23)16-7-9-17(21)10-8-16/h3-10,14,21H,11-12H2,1-2H3,(H,22,23)/b20-19+. The van der Waals surface area contributed by atoms with Crippen molar-refractivity contribution in [3.8, 4) is 5.75 Å². The third-order valence-corrected chi connectivity index (χ3v) is 3.63. The fourth-order valence-corrected chi connectivity index (χ4v) is 2.28. The lowest BCUT2D eigenvalue weighted by molar-refractivity contribution is -0.137. The van der Waals surface area contributed by atoms with E-state index < -0.39 is 5.97 Å². The summed E-state index contributed by atoms with van der Waals surface area (Å²) >= 11 is 0. The van der Waals surface area contributed by atoms with E-state index in [0.29, 0.717) is 12.3 Å². The first-order valence-corrected chi connectivity index (χ1v) is 7.72. The summed E-state index contributed by atoms with van der Waals surface area (Å²) in [4.78, 5) is 16.4. The molecule has 24 heavy (non-hydrogen) atoms. The molecule has 126 valence electrons. The van der Waals surface area contributed by atoms with E-state index in [1.807, 2.05) is 31.2 Å². The molecule has 0 aliphatic carbocycles. The topological polar surface area (TPSA) is 79.1 Å². The number of hydrogen-bond donors (Lipinski definition) is 2. The number of carbonyl (C=O) groups is 1. The zero-order valence-corrected chi connectivity index (χ0v) is 13.8. The molecular weight excluding hydrogens is 306 g/mol. The fourth-order valence-electron chi connectivity index (χ4n) is 2.28. The summed E-state index contributed by atoms with van der Waals surface area (Å²) in [7, 11) is 0. The summed E-state index contributed by atoms with van der Waals surface area (Å²) in [5.41, 5.74) is 3.43. The smallest absolute Gasteiger partial charge is 0.304 e. The Morgan fingerprint density at radius 3 is 2.33 bits per heavy atom. The molecule has 0 heterocycles. The van der Waals surface area contributed by atoms with Gasteiger partial charge in [-0.1, -0.05) is 41.9 Å². The maximum atomic E-state index is 11.0. The number of aliphatic carboxylic acids is 1. The molecule has 2 N–H and O–H groups in total. The number of carboxylic acids is 1. The summed E-state index contributed by atoms with van der Waals surface area (Å²) in [6, 6.07) is 14.4. The van der Waals surface area contributed by atoms with Crippen LogP contribution in [0.3, 0.4) is 0 Å². The van der Waals surface area contributed by atoms with Gasteiger partial charge in [-0.15, -0.1) is 0 Å². The van der Waals surface area contributed by atoms with Crippen molar-refractivity contribution in [1.29, 1.82) is 0 Å². The highest BCUT2D eigenvalue weighted by atomic mass is 16.6. The number of oxime groups is 1. The van der Waals surface area contributed by atoms with Gasteiger partial charge in [0.1, 0.15) is 12.4 Å². The molecule has 5 heteroatoms. The normalized spacial score (nSPS) is 12.7. The molecule has 0 spiro atoms. The van der Waals surface area contributed by atoms with Gasteiger partial charge in [-0.3, -0.25) is 4.79 Å². The first-order chi connectivity index (χ1) is 11.5. The summed E-state index contributed by atoms with van der Waals surface area (Å²) in [5, 5.41) is 22.6. The lowest BCUT2D eigenvalue weighted by atomic mass is 9.95. The van der Waals surface area contributed by atoms with Gasteiger partial charge >= 0.3 is 5.97 Å². The monoisotopic (exact) mass is 327 g/mol. The van der Waals surface area contributed by atoms with Crippen molar-refractivity contribution in [3.63, 3.8) is 0 Å². The molecule has 0 aliphatic rings. The van der Waals surface area contributed by atoms with Crippen LogP contribution in [0, 0.1) is 12.8 Å². The molecule has 0 radical (unpaired) electrons. The Labute approximate surface area is 141 Å². The SMILES string of the molecule is Cc1ccc(CO/N=C(/c2ccc(O)cc2)C(C)CC(=O)O)cc1. The highest BCUT2D eigenvalue weighted by Gasteiger charge is 2.17. The number of rotatable bonds is 7. The van der Waals surface area contributed by atoms with Gasteiger partial charge in [-0.25, -0.2) is 0 Å². The minimum absolute atomic E-state index is 0.0480. The van der Waals surface area contributed by atoms with Crippen molar-refractivity contribution in [2.75, 3.05) is 0 Å². The minimum atomic E-state index is -0.896. The first-order valence-electron chi connectivity index (χ1n) is 7.72. The lowest BCUT2D eigenvalue weighted by Crippen LogP contribution is -2.17. The molecule has 2 aromatic carbocycles. The van der Waals surface area contributed by atoms with Crippen LogP contribution in [0.1, 0.15) is 30.0 Å². The second kappa shape index (κ2) is 8.15. The predicted molar refractivity (Wildman–Crippen MR) is 92.0 cm³/mol. The number of aryl methyl sites for hydroxylation is 1. The van der Waals surface area contributed by atoms with Crippen LogP contribution >= 0.6 is 0 Å². The minimum Gasteiger partial charge on any atom is -0.508 e. The Morgan fingerprint density at radius 2 is 1.75 bits per heavy atom. The number of hydrogen-bond acceptors (Lipinski definition) is 4. The summed E-state index contributed by atoms with van der Waals surface area (Å²) in [6.07, 6.45) is -0.0480. The van der Waals surface area contributed by atoms with Crippen LogP contribution in [-0.2, 0) is 16.2 Å². The van der Waals surface area contributed by atoms with Crippen LogP contribution in [-0.4, -0.2) is 21.9 Å².